The van der Waals surface area contributed by atoms with E-state index in [9.17, 15) is 9.59 Å². The Morgan fingerprint density at radius 3 is 2.52 bits per heavy atom. The molecule has 6 heteroatoms. The molecule has 5 nitrogen and oxygen atoms in total. The molecule has 1 heterocycles. The fourth-order valence-corrected chi connectivity index (χ4v) is 3.84. The number of hydrogen-bond acceptors (Lipinski definition) is 4. The maximum atomic E-state index is 12.7. The Bertz CT molecular complexity index is 397. The average Bonchev–Trinajstić information content (AvgIpc) is 2.56. The van der Waals surface area contributed by atoms with Gasteiger partial charge in [0.15, 0.2) is 0 Å². The summed E-state index contributed by atoms with van der Waals surface area (Å²) in [5.74, 6) is -0.148. The van der Waals surface area contributed by atoms with Gasteiger partial charge in [-0.3, -0.25) is 9.59 Å². The number of nitrogens with zero attached hydrogens (tertiary/aromatic N) is 1. The average molecular weight is 347 g/mol. The molecule has 1 saturated carbocycles. The van der Waals surface area contributed by atoms with E-state index in [0.717, 1.165) is 32.2 Å². The monoisotopic (exact) mass is 346 g/mol. The summed E-state index contributed by atoms with van der Waals surface area (Å²) in [5, 5.41) is 0. The van der Waals surface area contributed by atoms with Crippen molar-refractivity contribution in [2.75, 3.05) is 26.2 Å². The number of nitrogens with two attached hydrogens (primary N) is 1. The van der Waals surface area contributed by atoms with Crippen LogP contribution in [0.5, 0.6) is 0 Å². The molecule has 2 rings (SSSR count). The molecule has 2 fully saturated rings. The molecule has 1 aliphatic heterocycles. The molecule has 2 N–H and O–H groups in total. The van der Waals surface area contributed by atoms with Gasteiger partial charge in [-0.1, -0.05) is 19.3 Å². The lowest BCUT2D eigenvalue weighted by Crippen LogP contribution is -2.46. The first-order valence-electron chi connectivity index (χ1n) is 8.75. The Hall–Kier alpha value is -0.810. The van der Waals surface area contributed by atoms with Crippen molar-refractivity contribution in [1.82, 2.24) is 4.90 Å². The molecule has 1 amide bonds. The Morgan fingerprint density at radius 1 is 1.22 bits per heavy atom. The normalized spacial score (nSPS) is 23.7. The molecule has 1 atom stereocenters. The van der Waals surface area contributed by atoms with Crippen molar-refractivity contribution in [1.29, 1.82) is 0 Å². The van der Waals surface area contributed by atoms with Gasteiger partial charge in [0.1, 0.15) is 0 Å². The molecular formula is C17H31ClN2O3. The summed E-state index contributed by atoms with van der Waals surface area (Å²) in [6, 6.07) is 0. The minimum atomic E-state index is -0.161. The third-order valence-electron chi connectivity index (χ3n) is 5.27. The van der Waals surface area contributed by atoms with Crippen molar-refractivity contribution in [3.63, 3.8) is 0 Å². The van der Waals surface area contributed by atoms with Crippen LogP contribution in [0, 0.1) is 11.3 Å². The Morgan fingerprint density at radius 2 is 1.91 bits per heavy atom. The lowest BCUT2D eigenvalue weighted by Gasteiger charge is -2.39. The molecule has 0 spiro atoms. The molecule has 23 heavy (non-hydrogen) atoms. The van der Waals surface area contributed by atoms with Crippen LogP contribution in [-0.2, 0) is 14.3 Å². The maximum Gasteiger partial charge on any atom is 0.310 e. The van der Waals surface area contributed by atoms with Crippen LogP contribution in [-0.4, -0.2) is 43.0 Å². The molecule has 1 unspecified atom stereocenters. The number of likely N-dealkylation sites (tertiary alicyclic amines) is 1. The van der Waals surface area contributed by atoms with Crippen LogP contribution in [0.25, 0.3) is 0 Å². The van der Waals surface area contributed by atoms with E-state index in [2.05, 4.69) is 0 Å². The van der Waals surface area contributed by atoms with Crippen LogP contribution in [0.2, 0.25) is 0 Å². The zero-order valence-corrected chi connectivity index (χ0v) is 15.0. The van der Waals surface area contributed by atoms with E-state index >= 15 is 0 Å². The first-order valence-corrected chi connectivity index (χ1v) is 8.75. The van der Waals surface area contributed by atoms with Crippen LogP contribution in [0.15, 0.2) is 0 Å². The predicted molar refractivity (Wildman–Crippen MR) is 92.4 cm³/mol. The number of esters is 1. The van der Waals surface area contributed by atoms with Crippen molar-refractivity contribution in [3.05, 3.63) is 0 Å². The van der Waals surface area contributed by atoms with E-state index in [4.69, 9.17) is 10.5 Å². The summed E-state index contributed by atoms with van der Waals surface area (Å²) in [6.07, 6.45) is 7.97. The molecule has 0 radical (unpaired) electrons. The maximum absolute atomic E-state index is 12.7. The second-order valence-electron chi connectivity index (χ2n) is 6.87. The van der Waals surface area contributed by atoms with Crippen LogP contribution in [0.1, 0.15) is 58.3 Å². The minimum Gasteiger partial charge on any atom is -0.466 e. The number of halogens is 1. The Balaban J connectivity index is 0.00000264. The van der Waals surface area contributed by atoms with Gasteiger partial charge < -0.3 is 15.4 Å². The third kappa shape index (κ3) is 5.35. The number of amides is 1. The minimum absolute atomic E-state index is 0. The van der Waals surface area contributed by atoms with Gasteiger partial charge in [0.2, 0.25) is 5.91 Å². The van der Waals surface area contributed by atoms with Crippen LogP contribution < -0.4 is 5.73 Å². The fourth-order valence-electron chi connectivity index (χ4n) is 3.84. The van der Waals surface area contributed by atoms with Gasteiger partial charge in [0.05, 0.1) is 12.5 Å². The lowest BCUT2D eigenvalue weighted by atomic mass is 9.71. The summed E-state index contributed by atoms with van der Waals surface area (Å²) in [4.78, 5) is 26.4. The van der Waals surface area contributed by atoms with E-state index in [1.54, 1.807) is 0 Å². The summed E-state index contributed by atoms with van der Waals surface area (Å²) < 4.78 is 5.10. The summed E-state index contributed by atoms with van der Waals surface area (Å²) >= 11 is 0. The largest absolute Gasteiger partial charge is 0.466 e. The lowest BCUT2D eigenvalue weighted by molar-refractivity contribution is -0.151. The molecule has 1 aliphatic carbocycles. The van der Waals surface area contributed by atoms with Crippen LogP contribution >= 0.6 is 12.4 Å². The number of rotatable bonds is 5. The smallest absolute Gasteiger partial charge is 0.310 e. The highest BCUT2D eigenvalue weighted by Crippen LogP contribution is 2.39. The van der Waals surface area contributed by atoms with Gasteiger partial charge in [-0.05, 0) is 44.6 Å². The highest BCUT2D eigenvalue weighted by molar-refractivity contribution is 5.85. The zero-order valence-electron chi connectivity index (χ0n) is 14.2. The van der Waals surface area contributed by atoms with Gasteiger partial charge in [-0.25, -0.2) is 0 Å². The quantitative estimate of drug-likeness (QED) is 0.776. The van der Waals surface area contributed by atoms with Crippen molar-refractivity contribution >= 4 is 24.3 Å². The third-order valence-corrected chi connectivity index (χ3v) is 5.27. The van der Waals surface area contributed by atoms with E-state index in [1.165, 1.54) is 19.3 Å². The first kappa shape index (κ1) is 20.2. The van der Waals surface area contributed by atoms with Crippen molar-refractivity contribution in [2.24, 2.45) is 17.1 Å². The van der Waals surface area contributed by atoms with E-state index in [1.807, 2.05) is 11.8 Å². The summed E-state index contributed by atoms with van der Waals surface area (Å²) in [6.45, 7) is 4.08. The summed E-state index contributed by atoms with van der Waals surface area (Å²) in [7, 11) is 0. The number of ether oxygens (including phenoxy) is 1. The zero-order chi connectivity index (χ0) is 16.0. The number of carbonyl (C=O) groups excluding carboxylic acids is 2. The molecule has 2 aliphatic rings. The molecule has 1 saturated heterocycles. The van der Waals surface area contributed by atoms with E-state index < -0.39 is 0 Å². The topological polar surface area (TPSA) is 72.6 Å². The van der Waals surface area contributed by atoms with Crippen molar-refractivity contribution in [3.8, 4) is 0 Å². The van der Waals surface area contributed by atoms with Crippen LogP contribution in [0.4, 0.5) is 0 Å². The highest BCUT2D eigenvalue weighted by Gasteiger charge is 2.36. The number of carbonyl (C=O) groups is 2. The molecule has 0 bridgehead atoms. The second-order valence-corrected chi connectivity index (χ2v) is 6.87. The number of hydrogen-bond donors (Lipinski definition) is 1. The van der Waals surface area contributed by atoms with E-state index in [0.29, 0.717) is 26.1 Å². The Labute approximate surface area is 145 Å². The summed E-state index contributed by atoms with van der Waals surface area (Å²) in [5.41, 5.74) is 5.98. The SMILES string of the molecule is CCOC(=O)C1CCCN(C(=O)CC2(CN)CCCCC2)C1.Cl. The van der Waals surface area contributed by atoms with Crippen molar-refractivity contribution in [2.45, 2.75) is 58.3 Å². The standard InChI is InChI=1S/C17H30N2O3.ClH/c1-2-22-16(21)14-7-6-10-19(12-14)15(20)11-17(13-18)8-4-3-5-9-17;/h14H,2-13,18H2,1H3;1H. The molecule has 134 valence electrons. The van der Waals surface area contributed by atoms with Gasteiger partial charge in [-0.15, -0.1) is 12.4 Å². The molecule has 0 aromatic carbocycles. The Kier molecular flexibility index (Phi) is 8.34. The van der Waals surface area contributed by atoms with Gasteiger partial charge in [-0.2, -0.15) is 0 Å². The van der Waals surface area contributed by atoms with Crippen LogP contribution in [0.3, 0.4) is 0 Å². The fraction of sp³-hybridized carbons (Fsp3) is 0.882. The number of piperidine rings is 1. The van der Waals surface area contributed by atoms with E-state index in [-0.39, 0.29) is 35.6 Å². The van der Waals surface area contributed by atoms with Gasteiger partial charge >= 0.3 is 5.97 Å². The molecular weight excluding hydrogens is 316 g/mol. The predicted octanol–water partition coefficient (Wildman–Crippen LogP) is 2.51. The van der Waals surface area contributed by atoms with Crippen molar-refractivity contribution < 1.29 is 14.3 Å². The van der Waals surface area contributed by atoms with Gasteiger partial charge in [0, 0.05) is 19.5 Å². The second kappa shape index (κ2) is 9.48. The molecule has 0 aromatic heterocycles. The highest BCUT2D eigenvalue weighted by atomic mass is 35.5. The first-order chi connectivity index (χ1) is 10.6. The molecule has 0 aromatic rings. The van der Waals surface area contributed by atoms with Gasteiger partial charge in [0.25, 0.3) is 0 Å².